The molecule has 1 heterocycles. The highest BCUT2D eigenvalue weighted by Gasteiger charge is 2.27. The monoisotopic (exact) mass is 366 g/mol. The second-order valence-corrected chi connectivity index (χ2v) is 6.62. The lowest BCUT2D eigenvalue weighted by Gasteiger charge is -2.29. The average molecular weight is 366 g/mol. The smallest absolute Gasteiger partial charge is 0.284 e. The molecule has 6 nitrogen and oxygen atoms in total. The molecule has 3 rings (SSSR count). The normalized spacial score (nSPS) is 19.9. The van der Waals surface area contributed by atoms with Crippen molar-refractivity contribution in [2.45, 2.75) is 13.8 Å². The number of hydrogen-bond acceptors (Lipinski definition) is 4. The number of amides is 2. The van der Waals surface area contributed by atoms with E-state index in [2.05, 4.69) is 24.2 Å². The second kappa shape index (κ2) is 8.03. The van der Waals surface area contributed by atoms with Crippen molar-refractivity contribution in [3.8, 4) is 11.5 Å². The van der Waals surface area contributed by atoms with E-state index in [1.54, 1.807) is 49.6 Å². The fourth-order valence-corrected chi connectivity index (χ4v) is 3.01. The maximum absolute atomic E-state index is 12.1. The van der Waals surface area contributed by atoms with Crippen LogP contribution in [0, 0.1) is 11.8 Å². The Balaban J connectivity index is 1.65. The van der Waals surface area contributed by atoms with E-state index < -0.39 is 5.91 Å². The Morgan fingerprint density at radius 2 is 1.89 bits per heavy atom. The van der Waals surface area contributed by atoms with Gasteiger partial charge in [-0.05, 0) is 47.9 Å². The fraction of sp³-hybridized carbons (Fsp3) is 0.286. The third-order valence-electron chi connectivity index (χ3n) is 4.36. The van der Waals surface area contributed by atoms with E-state index in [-0.39, 0.29) is 24.3 Å². The van der Waals surface area contributed by atoms with Crippen molar-refractivity contribution in [2.75, 3.05) is 13.7 Å². The van der Waals surface area contributed by atoms with Crippen LogP contribution in [-0.2, 0) is 9.59 Å². The van der Waals surface area contributed by atoms with Crippen LogP contribution >= 0.6 is 0 Å². The van der Waals surface area contributed by atoms with E-state index >= 15 is 0 Å². The summed E-state index contributed by atoms with van der Waals surface area (Å²) in [7, 11) is 1.58. The summed E-state index contributed by atoms with van der Waals surface area (Å²) in [4.78, 5) is 28.0. The first-order chi connectivity index (χ1) is 13.0. The molecule has 2 amide bonds. The van der Waals surface area contributed by atoms with Gasteiger partial charge in [-0.1, -0.05) is 19.9 Å². The molecule has 1 unspecified atom stereocenters. The molecule has 6 heteroatoms. The van der Waals surface area contributed by atoms with Crippen molar-refractivity contribution >= 4 is 17.5 Å². The first-order valence-corrected chi connectivity index (χ1v) is 8.77. The van der Waals surface area contributed by atoms with Gasteiger partial charge in [0.2, 0.25) is 5.91 Å². The summed E-state index contributed by atoms with van der Waals surface area (Å²) in [5.41, 5.74) is 2.29. The largest absolute Gasteiger partial charge is 0.497 e. The number of nitrogens with zero attached hydrogens (tertiary/aromatic N) is 1. The molecule has 0 saturated carbocycles. The molecule has 0 radical (unpaired) electrons. The Bertz CT molecular complexity index is 861. The standard InChI is InChI=1S/C21H22N2O4/c1-13(2)18-11-20(24)23-19-10-14(4-9-17(18)19)22-21(25)12-27-16-7-5-15(26-3)6-8-16/h4-11,13,17H,12H2,1-3H3,(H,23,24). The SMILES string of the molecule is COc1ccc(OCC(=O)N=C2C=CC3C(=C2)NC(=O)C=C3C(C)C)cc1. The van der Waals surface area contributed by atoms with Gasteiger partial charge in [0, 0.05) is 17.7 Å². The molecule has 0 bridgehead atoms. The maximum Gasteiger partial charge on any atom is 0.284 e. The van der Waals surface area contributed by atoms with E-state index in [1.807, 2.05) is 6.08 Å². The third-order valence-corrected chi connectivity index (χ3v) is 4.36. The van der Waals surface area contributed by atoms with Gasteiger partial charge in [-0.3, -0.25) is 9.59 Å². The number of hydrogen-bond donors (Lipinski definition) is 1. The minimum atomic E-state index is -0.400. The Morgan fingerprint density at radius 3 is 2.56 bits per heavy atom. The van der Waals surface area contributed by atoms with Crippen LogP contribution in [0.25, 0.3) is 0 Å². The molecular formula is C21H22N2O4. The fourth-order valence-electron chi connectivity index (χ4n) is 3.01. The number of methoxy groups -OCH3 is 1. The molecule has 140 valence electrons. The molecule has 1 aromatic rings. The summed E-state index contributed by atoms with van der Waals surface area (Å²) in [6.07, 6.45) is 7.14. The van der Waals surface area contributed by atoms with Gasteiger partial charge in [-0.25, -0.2) is 4.99 Å². The summed E-state index contributed by atoms with van der Waals surface area (Å²) in [6.45, 7) is 3.94. The number of carbonyl (C=O) groups is 2. The Hall–Kier alpha value is -3.15. The summed E-state index contributed by atoms with van der Waals surface area (Å²) >= 11 is 0. The van der Waals surface area contributed by atoms with Crippen LogP contribution < -0.4 is 14.8 Å². The molecule has 1 N–H and O–H groups in total. The van der Waals surface area contributed by atoms with E-state index in [1.165, 1.54) is 0 Å². The number of benzene rings is 1. The third kappa shape index (κ3) is 4.53. The number of ether oxygens (including phenoxy) is 2. The summed E-state index contributed by atoms with van der Waals surface area (Å²) in [5, 5.41) is 2.83. The topological polar surface area (TPSA) is 77.0 Å². The van der Waals surface area contributed by atoms with Crippen molar-refractivity contribution in [3.63, 3.8) is 0 Å². The van der Waals surface area contributed by atoms with E-state index in [9.17, 15) is 9.59 Å². The highest BCUT2D eigenvalue weighted by atomic mass is 16.5. The van der Waals surface area contributed by atoms with Gasteiger partial charge in [0.05, 0.1) is 12.8 Å². The summed E-state index contributed by atoms with van der Waals surface area (Å²) < 4.78 is 10.5. The van der Waals surface area contributed by atoms with Gasteiger partial charge in [-0.15, -0.1) is 0 Å². The molecule has 0 spiro atoms. The van der Waals surface area contributed by atoms with Gasteiger partial charge in [0.25, 0.3) is 5.91 Å². The zero-order valence-electron chi connectivity index (χ0n) is 15.6. The van der Waals surface area contributed by atoms with Crippen LogP contribution in [0.3, 0.4) is 0 Å². The number of fused-ring (bicyclic) bond motifs is 1. The van der Waals surface area contributed by atoms with Crippen LogP contribution in [0.4, 0.5) is 0 Å². The van der Waals surface area contributed by atoms with Crippen LogP contribution in [0.1, 0.15) is 13.8 Å². The summed E-state index contributed by atoms with van der Waals surface area (Å²) in [6, 6.07) is 6.96. The predicted molar refractivity (Wildman–Crippen MR) is 103 cm³/mol. The maximum atomic E-state index is 12.1. The zero-order chi connectivity index (χ0) is 19.4. The molecule has 0 fully saturated rings. The van der Waals surface area contributed by atoms with Gasteiger partial charge < -0.3 is 14.8 Å². The molecule has 1 aliphatic heterocycles. The predicted octanol–water partition coefficient (Wildman–Crippen LogP) is 2.82. The Morgan fingerprint density at radius 1 is 1.19 bits per heavy atom. The first-order valence-electron chi connectivity index (χ1n) is 8.77. The van der Waals surface area contributed by atoms with Crippen LogP contribution in [0.2, 0.25) is 0 Å². The zero-order valence-corrected chi connectivity index (χ0v) is 15.6. The Labute approximate surface area is 158 Å². The number of aliphatic imine (C=N–C) groups is 1. The number of rotatable bonds is 5. The van der Waals surface area contributed by atoms with E-state index in [4.69, 9.17) is 9.47 Å². The van der Waals surface area contributed by atoms with Crippen LogP contribution in [0.5, 0.6) is 11.5 Å². The second-order valence-electron chi connectivity index (χ2n) is 6.62. The van der Waals surface area contributed by atoms with Crippen molar-refractivity contribution in [1.29, 1.82) is 0 Å². The minimum absolute atomic E-state index is 0.0206. The first kappa shape index (κ1) is 18.6. The lowest BCUT2D eigenvalue weighted by atomic mass is 9.82. The van der Waals surface area contributed by atoms with E-state index in [0.717, 1.165) is 11.3 Å². The molecule has 1 aliphatic carbocycles. The van der Waals surface area contributed by atoms with Crippen LogP contribution in [0.15, 0.2) is 64.8 Å². The molecular weight excluding hydrogens is 344 g/mol. The molecule has 1 atom stereocenters. The molecule has 0 saturated heterocycles. The molecule has 2 aliphatic rings. The lowest BCUT2D eigenvalue weighted by Crippen LogP contribution is -2.34. The highest BCUT2D eigenvalue weighted by Crippen LogP contribution is 2.31. The number of carbonyl (C=O) groups excluding carboxylic acids is 2. The molecule has 0 aromatic heterocycles. The van der Waals surface area contributed by atoms with Gasteiger partial charge in [-0.2, -0.15) is 0 Å². The average Bonchev–Trinajstić information content (AvgIpc) is 2.65. The quantitative estimate of drug-likeness (QED) is 0.869. The number of allylic oxidation sites excluding steroid dienone is 3. The van der Waals surface area contributed by atoms with E-state index in [0.29, 0.717) is 17.2 Å². The lowest BCUT2D eigenvalue weighted by molar-refractivity contribution is -0.119. The van der Waals surface area contributed by atoms with Crippen molar-refractivity contribution < 1.29 is 19.1 Å². The van der Waals surface area contributed by atoms with Gasteiger partial charge in [0.1, 0.15) is 11.5 Å². The van der Waals surface area contributed by atoms with Crippen LogP contribution in [-0.4, -0.2) is 31.2 Å². The van der Waals surface area contributed by atoms with Gasteiger partial charge >= 0.3 is 0 Å². The molecule has 27 heavy (non-hydrogen) atoms. The minimum Gasteiger partial charge on any atom is -0.497 e. The highest BCUT2D eigenvalue weighted by molar-refractivity contribution is 6.11. The summed E-state index contributed by atoms with van der Waals surface area (Å²) in [5.74, 6) is 1.01. The van der Waals surface area contributed by atoms with Crippen molar-refractivity contribution in [1.82, 2.24) is 5.32 Å². The Kier molecular flexibility index (Phi) is 5.54. The number of nitrogens with one attached hydrogen (secondary N) is 1. The van der Waals surface area contributed by atoms with Crippen molar-refractivity contribution in [3.05, 3.63) is 59.8 Å². The van der Waals surface area contributed by atoms with Gasteiger partial charge in [0.15, 0.2) is 6.61 Å². The van der Waals surface area contributed by atoms with Crippen molar-refractivity contribution in [2.24, 2.45) is 16.8 Å². The molecule has 1 aromatic carbocycles.